The maximum atomic E-state index is 13.2. The summed E-state index contributed by atoms with van der Waals surface area (Å²) in [6.07, 6.45) is 2.92. The Hall–Kier alpha value is -3.61. The first kappa shape index (κ1) is 21.6. The van der Waals surface area contributed by atoms with Gasteiger partial charge in [0.25, 0.3) is 5.91 Å². The van der Waals surface area contributed by atoms with Crippen LogP contribution in [0.3, 0.4) is 0 Å². The van der Waals surface area contributed by atoms with E-state index in [0.29, 0.717) is 18.0 Å². The van der Waals surface area contributed by atoms with Gasteiger partial charge in [-0.05, 0) is 55.4 Å². The molecule has 0 radical (unpaired) electrons. The summed E-state index contributed by atoms with van der Waals surface area (Å²) in [6, 6.07) is 7.02. The standard InChI is InChI=1S/C22H25FN6O3/c1-12(13-2-3-13)19-16(10-24)18(8-9-28(19)22(31)32)29-11-17(20(25)30)21(27-29)26-15-6-4-14(23)5-7-15/h4-7,11-13,16,18-19H,2-3,8-9H2,1H3,(H2,25,30)(H,26,27)(H,31,32)/t12?,16-,18+,19?/m1/s1. The molecular formula is C22H25FN6O3. The van der Waals surface area contributed by atoms with Crippen LogP contribution in [0.25, 0.3) is 0 Å². The first-order valence-corrected chi connectivity index (χ1v) is 10.6. The number of hydrogen-bond acceptors (Lipinski definition) is 5. The molecule has 2 amide bonds. The number of carbonyl (C=O) groups excluding carboxylic acids is 1. The van der Waals surface area contributed by atoms with Crippen LogP contribution in [0, 0.1) is 34.9 Å². The highest BCUT2D eigenvalue weighted by Gasteiger charge is 2.48. The fourth-order valence-corrected chi connectivity index (χ4v) is 4.72. The van der Waals surface area contributed by atoms with E-state index in [1.165, 1.54) is 35.4 Å². The summed E-state index contributed by atoms with van der Waals surface area (Å²) in [5.41, 5.74) is 6.21. The van der Waals surface area contributed by atoms with E-state index in [0.717, 1.165) is 12.8 Å². The number of anilines is 2. The monoisotopic (exact) mass is 440 g/mol. The van der Waals surface area contributed by atoms with Crippen LogP contribution in [0.4, 0.5) is 20.7 Å². The number of halogens is 1. The number of aromatic nitrogens is 2. The molecule has 168 valence electrons. The lowest BCUT2D eigenvalue weighted by Crippen LogP contribution is -2.54. The first-order valence-electron chi connectivity index (χ1n) is 10.6. The van der Waals surface area contributed by atoms with Gasteiger partial charge in [0.15, 0.2) is 5.82 Å². The zero-order valence-corrected chi connectivity index (χ0v) is 17.6. The lowest BCUT2D eigenvalue weighted by atomic mass is 9.78. The molecule has 1 aliphatic heterocycles. The minimum absolute atomic E-state index is 0.0431. The number of nitriles is 1. The molecule has 1 aromatic carbocycles. The Morgan fingerprint density at radius 3 is 2.56 bits per heavy atom. The Morgan fingerprint density at radius 2 is 2.00 bits per heavy atom. The third-order valence-electron chi connectivity index (χ3n) is 6.55. The molecule has 0 spiro atoms. The second kappa shape index (κ2) is 8.49. The normalized spacial score (nSPS) is 23.9. The maximum Gasteiger partial charge on any atom is 0.407 e. The number of carboxylic acid groups (broad SMARTS) is 1. The SMILES string of the molecule is CC(C1CC1)C1[C@H](C#N)[C@@H](n2cc(C(N)=O)c(Nc3ccc(F)cc3)n2)CCN1C(=O)O. The number of piperidine rings is 1. The van der Waals surface area contributed by atoms with Crippen molar-refractivity contribution in [3.63, 3.8) is 0 Å². The lowest BCUT2D eigenvalue weighted by Gasteiger charge is -2.44. The van der Waals surface area contributed by atoms with E-state index in [4.69, 9.17) is 5.73 Å². The van der Waals surface area contributed by atoms with E-state index in [1.807, 2.05) is 6.92 Å². The average Bonchev–Trinajstić information content (AvgIpc) is 3.53. The van der Waals surface area contributed by atoms with E-state index in [-0.39, 0.29) is 23.8 Å². The molecule has 9 nitrogen and oxygen atoms in total. The molecule has 1 saturated carbocycles. The molecule has 2 heterocycles. The minimum atomic E-state index is -1.03. The molecule has 2 fully saturated rings. The van der Waals surface area contributed by atoms with Gasteiger partial charge < -0.3 is 21.1 Å². The third kappa shape index (κ3) is 4.10. The van der Waals surface area contributed by atoms with Gasteiger partial charge in [-0.2, -0.15) is 10.4 Å². The molecule has 4 atom stereocenters. The first-order chi connectivity index (χ1) is 15.3. The lowest BCUT2D eigenvalue weighted by molar-refractivity contribution is 0.0377. The summed E-state index contributed by atoms with van der Waals surface area (Å²) in [7, 11) is 0. The molecule has 4 rings (SSSR count). The average molecular weight is 440 g/mol. The second-order valence-corrected chi connectivity index (χ2v) is 8.54. The number of primary amides is 1. The summed E-state index contributed by atoms with van der Waals surface area (Å²) < 4.78 is 14.8. The summed E-state index contributed by atoms with van der Waals surface area (Å²) in [5, 5.41) is 27.2. The molecule has 1 aromatic heterocycles. The number of likely N-dealkylation sites (tertiary alicyclic amines) is 1. The van der Waals surface area contributed by atoms with Gasteiger partial charge in [-0.15, -0.1) is 0 Å². The largest absolute Gasteiger partial charge is 0.465 e. The number of nitrogens with zero attached hydrogens (tertiary/aromatic N) is 4. The van der Waals surface area contributed by atoms with Crippen molar-refractivity contribution in [1.82, 2.24) is 14.7 Å². The second-order valence-electron chi connectivity index (χ2n) is 8.54. The van der Waals surface area contributed by atoms with Crippen LogP contribution in [0.15, 0.2) is 30.5 Å². The van der Waals surface area contributed by atoms with Gasteiger partial charge in [0.2, 0.25) is 0 Å². The Balaban J connectivity index is 1.67. The van der Waals surface area contributed by atoms with Crippen LogP contribution in [0.5, 0.6) is 0 Å². The van der Waals surface area contributed by atoms with E-state index in [2.05, 4.69) is 16.5 Å². The van der Waals surface area contributed by atoms with Crippen molar-refractivity contribution in [2.75, 3.05) is 11.9 Å². The van der Waals surface area contributed by atoms with E-state index in [9.17, 15) is 24.3 Å². The van der Waals surface area contributed by atoms with Crippen molar-refractivity contribution in [2.24, 2.45) is 23.5 Å². The fraction of sp³-hybridized carbons (Fsp3) is 0.455. The van der Waals surface area contributed by atoms with Crippen molar-refractivity contribution >= 4 is 23.5 Å². The van der Waals surface area contributed by atoms with Gasteiger partial charge in [0.05, 0.1) is 24.1 Å². The van der Waals surface area contributed by atoms with E-state index >= 15 is 0 Å². The van der Waals surface area contributed by atoms with Gasteiger partial charge in [-0.1, -0.05) is 6.92 Å². The Bertz CT molecular complexity index is 1060. The van der Waals surface area contributed by atoms with Crippen molar-refractivity contribution in [3.05, 3.63) is 41.8 Å². The fourth-order valence-electron chi connectivity index (χ4n) is 4.72. The van der Waals surface area contributed by atoms with Crippen LogP contribution >= 0.6 is 0 Å². The van der Waals surface area contributed by atoms with Gasteiger partial charge in [0.1, 0.15) is 11.4 Å². The maximum absolute atomic E-state index is 13.2. The van der Waals surface area contributed by atoms with Crippen LogP contribution in [0.2, 0.25) is 0 Å². The summed E-state index contributed by atoms with van der Waals surface area (Å²) in [5.74, 6) is -1.06. The Labute approximate surface area is 184 Å². The summed E-state index contributed by atoms with van der Waals surface area (Å²) >= 11 is 0. The number of nitrogens with two attached hydrogens (primary N) is 1. The van der Waals surface area contributed by atoms with Crippen LogP contribution in [-0.2, 0) is 0 Å². The van der Waals surface area contributed by atoms with E-state index < -0.39 is 35.8 Å². The Morgan fingerprint density at radius 1 is 1.31 bits per heavy atom. The molecular weight excluding hydrogens is 415 g/mol. The number of benzene rings is 1. The molecule has 1 saturated heterocycles. The topological polar surface area (TPSA) is 137 Å². The number of nitrogens with one attached hydrogen (secondary N) is 1. The summed E-state index contributed by atoms with van der Waals surface area (Å²) in [6.45, 7) is 2.27. The van der Waals surface area contributed by atoms with Gasteiger partial charge in [-0.25, -0.2) is 9.18 Å². The van der Waals surface area contributed by atoms with Crippen molar-refractivity contribution in [3.8, 4) is 6.07 Å². The highest BCUT2D eigenvalue weighted by atomic mass is 19.1. The zero-order valence-electron chi connectivity index (χ0n) is 17.6. The molecule has 32 heavy (non-hydrogen) atoms. The third-order valence-corrected chi connectivity index (χ3v) is 6.55. The van der Waals surface area contributed by atoms with Crippen LogP contribution in [-0.4, -0.2) is 44.4 Å². The Kier molecular flexibility index (Phi) is 5.74. The number of hydrogen-bond donors (Lipinski definition) is 3. The van der Waals surface area contributed by atoms with Gasteiger partial charge >= 0.3 is 6.09 Å². The molecule has 2 aliphatic rings. The minimum Gasteiger partial charge on any atom is -0.465 e. The quantitative estimate of drug-likeness (QED) is 0.630. The number of amides is 2. The summed E-state index contributed by atoms with van der Waals surface area (Å²) in [4.78, 5) is 25.3. The predicted octanol–water partition coefficient (Wildman–Crippen LogP) is 3.34. The molecule has 0 bridgehead atoms. The van der Waals surface area contributed by atoms with Gasteiger partial charge in [-0.3, -0.25) is 9.48 Å². The molecule has 2 unspecified atom stereocenters. The number of carbonyl (C=O) groups is 2. The molecule has 1 aliphatic carbocycles. The van der Waals surface area contributed by atoms with Crippen LogP contribution in [0.1, 0.15) is 42.6 Å². The highest BCUT2D eigenvalue weighted by molar-refractivity contribution is 5.98. The van der Waals surface area contributed by atoms with E-state index in [1.54, 1.807) is 4.68 Å². The smallest absolute Gasteiger partial charge is 0.407 e. The van der Waals surface area contributed by atoms with Crippen molar-refractivity contribution < 1.29 is 19.1 Å². The molecule has 10 heteroatoms. The number of rotatable bonds is 6. The predicted molar refractivity (Wildman–Crippen MR) is 114 cm³/mol. The molecule has 4 N–H and O–H groups in total. The molecule has 2 aromatic rings. The highest BCUT2D eigenvalue weighted by Crippen LogP contribution is 2.45. The zero-order chi connectivity index (χ0) is 23.0. The van der Waals surface area contributed by atoms with Crippen molar-refractivity contribution in [2.45, 2.75) is 38.3 Å². The van der Waals surface area contributed by atoms with Crippen LogP contribution < -0.4 is 11.1 Å². The van der Waals surface area contributed by atoms with Crippen molar-refractivity contribution in [1.29, 1.82) is 5.26 Å². The van der Waals surface area contributed by atoms with Gasteiger partial charge in [0, 0.05) is 18.4 Å².